The second kappa shape index (κ2) is 9.47. The molecule has 0 aliphatic heterocycles. The maximum absolute atomic E-state index is 12.1. The fourth-order valence-electron chi connectivity index (χ4n) is 2.22. The van der Waals surface area contributed by atoms with E-state index in [-0.39, 0.29) is 18.6 Å². The number of esters is 1. The van der Waals surface area contributed by atoms with Crippen LogP contribution in [-0.2, 0) is 9.53 Å². The number of carbonyl (C=O) groups excluding carboxylic acids is 2. The minimum Gasteiger partial charge on any atom is -0.497 e. The smallest absolute Gasteiger partial charge is 0.338 e. The molecule has 0 fully saturated rings. The Balaban J connectivity index is 1.93. The summed E-state index contributed by atoms with van der Waals surface area (Å²) < 4.78 is 20.9. The lowest BCUT2D eigenvalue weighted by atomic mass is 10.2. The molecule has 0 aliphatic rings. The van der Waals surface area contributed by atoms with Crippen molar-refractivity contribution in [3.63, 3.8) is 0 Å². The molecule has 1 N–H and O–H groups in total. The number of anilines is 1. The maximum atomic E-state index is 12.1. The standard InChI is InChI=1S/C20H23NO6/c1-13(2)27-20(23)14-5-7-15(8-6-14)26-12-19(22)21-17-11-16(24-3)9-10-18(17)25-4/h5-11,13H,12H2,1-4H3,(H,21,22). The number of ether oxygens (including phenoxy) is 4. The Morgan fingerprint density at radius 3 is 2.22 bits per heavy atom. The zero-order valence-corrected chi connectivity index (χ0v) is 15.8. The number of amides is 1. The van der Waals surface area contributed by atoms with Gasteiger partial charge in [0.2, 0.25) is 0 Å². The zero-order valence-electron chi connectivity index (χ0n) is 15.8. The predicted molar refractivity (Wildman–Crippen MR) is 101 cm³/mol. The van der Waals surface area contributed by atoms with Crippen molar-refractivity contribution < 1.29 is 28.5 Å². The van der Waals surface area contributed by atoms with Crippen molar-refractivity contribution in [3.8, 4) is 17.2 Å². The molecule has 0 aromatic heterocycles. The summed E-state index contributed by atoms with van der Waals surface area (Å²) in [5.41, 5.74) is 0.902. The van der Waals surface area contributed by atoms with Gasteiger partial charge in [0.1, 0.15) is 17.2 Å². The number of nitrogens with one attached hydrogen (secondary N) is 1. The summed E-state index contributed by atoms with van der Waals surface area (Å²) in [5, 5.41) is 2.71. The Hall–Kier alpha value is -3.22. The molecule has 0 radical (unpaired) electrons. The van der Waals surface area contributed by atoms with Crippen molar-refractivity contribution in [1.82, 2.24) is 0 Å². The van der Waals surface area contributed by atoms with E-state index in [0.29, 0.717) is 28.5 Å². The highest BCUT2D eigenvalue weighted by Gasteiger charge is 2.11. The molecule has 0 heterocycles. The maximum Gasteiger partial charge on any atom is 0.338 e. The molecule has 0 bridgehead atoms. The SMILES string of the molecule is COc1ccc(OC)c(NC(=O)COc2ccc(C(=O)OC(C)C)cc2)c1. The van der Waals surface area contributed by atoms with Crippen molar-refractivity contribution in [3.05, 3.63) is 48.0 Å². The topological polar surface area (TPSA) is 83.1 Å². The first kappa shape index (κ1) is 20.1. The van der Waals surface area contributed by atoms with Crippen LogP contribution >= 0.6 is 0 Å². The number of rotatable bonds is 8. The van der Waals surface area contributed by atoms with Gasteiger partial charge in [0, 0.05) is 6.07 Å². The van der Waals surface area contributed by atoms with E-state index >= 15 is 0 Å². The Labute approximate surface area is 158 Å². The van der Waals surface area contributed by atoms with Crippen molar-refractivity contribution >= 4 is 17.6 Å². The Bertz CT molecular complexity index is 786. The monoisotopic (exact) mass is 373 g/mol. The van der Waals surface area contributed by atoms with Gasteiger partial charge >= 0.3 is 5.97 Å². The van der Waals surface area contributed by atoms with E-state index in [2.05, 4.69) is 5.32 Å². The fourth-order valence-corrected chi connectivity index (χ4v) is 2.22. The number of benzene rings is 2. The Kier molecular flexibility index (Phi) is 7.05. The van der Waals surface area contributed by atoms with E-state index in [4.69, 9.17) is 18.9 Å². The lowest BCUT2D eigenvalue weighted by Crippen LogP contribution is -2.20. The van der Waals surface area contributed by atoms with Crippen molar-refractivity contribution in [2.24, 2.45) is 0 Å². The van der Waals surface area contributed by atoms with Crippen LogP contribution in [0.4, 0.5) is 5.69 Å². The van der Waals surface area contributed by atoms with Crippen LogP contribution in [0.25, 0.3) is 0 Å². The molecular formula is C20H23NO6. The quantitative estimate of drug-likeness (QED) is 0.715. The van der Waals surface area contributed by atoms with E-state index in [1.54, 1.807) is 56.3 Å². The van der Waals surface area contributed by atoms with Crippen LogP contribution in [-0.4, -0.2) is 38.8 Å². The first-order valence-corrected chi connectivity index (χ1v) is 8.38. The van der Waals surface area contributed by atoms with E-state index in [1.807, 2.05) is 0 Å². The number of hydrogen-bond acceptors (Lipinski definition) is 6. The first-order chi connectivity index (χ1) is 12.9. The van der Waals surface area contributed by atoms with Gasteiger partial charge in [-0.25, -0.2) is 4.79 Å². The molecule has 7 heteroatoms. The molecule has 27 heavy (non-hydrogen) atoms. The highest BCUT2D eigenvalue weighted by atomic mass is 16.5. The summed E-state index contributed by atoms with van der Waals surface area (Å²) in [6.45, 7) is 3.37. The van der Waals surface area contributed by atoms with Crippen LogP contribution in [0.2, 0.25) is 0 Å². The van der Waals surface area contributed by atoms with Crippen LogP contribution in [0.3, 0.4) is 0 Å². The van der Waals surface area contributed by atoms with Gasteiger partial charge in [-0.05, 0) is 50.2 Å². The average molecular weight is 373 g/mol. The van der Waals surface area contributed by atoms with Crippen molar-refractivity contribution in [2.75, 3.05) is 26.1 Å². The summed E-state index contributed by atoms with van der Waals surface area (Å²) in [4.78, 5) is 23.9. The summed E-state index contributed by atoms with van der Waals surface area (Å²) in [5.74, 6) is 0.807. The lowest BCUT2D eigenvalue weighted by molar-refractivity contribution is -0.118. The number of hydrogen-bond donors (Lipinski definition) is 1. The molecular weight excluding hydrogens is 350 g/mol. The highest BCUT2D eigenvalue weighted by molar-refractivity contribution is 5.93. The second-order valence-electron chi connectivity index (χ2n) is 5.88. The summed E-state index contributed by atoms with van der Waals surface area (Å²) in [6.07, 6.45) is -0.189. The number of methoxy groups -OCH3 is 2. The van der Waals surface area contributed by atoms with Crippen molar-refractivity contribution in [1.29, 1.82) is 0 Å². The molecule has 0 spiro atoms. The third kappa shape index (κ3) is 5.91. The molecule has 144 valence electrons. The van der Waals surface area contributed by atoms with Gasteiger partial charge in [0.05, 0.1) is 31.6 Å². The van der Waals surface area contributed by atoms with Gasteiger partial charge < -0.3 is 24.3 Å². The minimum atomic E-state index is -0.403. The molecule has 1 amide bonds. The zero-order chi connectivity index (χ0) is 19.8. The second-order valence-corrected chi connectivity index (χ2v) is 5.88. The fraction of sp³-hybridized carbons (Fsp3) is 0.300. The van der Waals surface area contributed by atoms with E-state index in [1.165, 1.54) is 14.2 Å². The summed E-state index contributed by atoms with van der Waals surface area (Å²) in [7, 11) is 3.05. The van der Waals surface area contributed by atoms with Crippen LogP contribution in [0.15, 0.2) is 42.5 Å². The largest absolute Gasteiger partial charge is 0.497 e. The lowest BCUT2D eigenvalue weighted by Gasteiger charge is -2.12. The molecule has 0 aliphatic carbocycles. The molecule has 7 nitrogen and oxygen atoms in total. The van der Waals surface area contributed by atoms with Gasteiger partial charge in [-0.1, -0.05) is 0 Å². The average Bonchev–Trinajstić information content (AvgIpc) is 2.66. The highest BCUT2D eigenvalue weighted by Crippen LogP contribution is 2.28. The summed E-state index contributed by atoms with van der Waals surface area (Å²) in [6, 6.07) is 11.5. The predicted octanol–water partition coefficient (Wildman–Crippen LogP) is 3.29. The van der Waals surface area contributed by atoms with E-state index in [9.17, 15) is 9.59 Å². The molecule has 0 saturated carbocycles. The van der Waals surface area contributed by atoms with Crippen LogP contribution in [0.1, 0.15) is 24.2 Å². The third-order valence-corrected chi connectivity index (χ3v) is 3.48. The van der Waals surface area contributed by atoms with Gasteiger partial charge in [-0.2, -0.15) is 0 Å². The van der Waals surface area contributed by atoms with Crippen LogP contribution < -0.4 is 19.5 Å². The van der Waals surface area contributed by atoms with Crippen LogP contribution in [0, 0.1) is 0 Å². The van der Waals surface area contributed by atoms with Crippen LogP contribution in [0.5, 0.6) is 17.2 Å². The molecule has 2 aromatic rings. The molecule has 0 atom stereocenters. The van der Waals surface area contributed by atoms with Gasteiger partial charge in [-0.3, -0.25) is 4.79 Å². The normalized spacial score (nSPS) is 10.3. The third-order valence-electron chi connectivity index (χ3n) is 3.48. The summed E-state index contributed by atoms with van der Waals surface area (Å²) >= 11 is 0. The van der Waals surface area contributed by atoms with Gasteiger partial charge in [0.15, 0.2) is 6.61 Å². The molecule has 0 unspecified atom stereocenters. The van der Waals surface area contributed by atoms with E-state index in [0.717, 1.165) is 0 Å². The van der Waals surface area contributed by atoms with Gasteiger partial charge in [0.25, 0.3) is 5.91 Å². The van der Waals surface area contributed by atoms with Gasteiger partial charge in [-0.15, -0.1) is 0 Å². The Morgan fingerprint density at radius 2 is 1.63 bits per heavy atom. The molecule has 2 aromatic carbocycles. The number of carbonyl (C=O) groups is 2. The van der Waals surface area contributed by atoms with E-state index < -0.39 is 5.97 Å². The first-order valence-electron chi connectivity index (χ1n) is 8.38. The Morgan fingerprint density at radius 1 is 0.963 bits per heavy atom. The molecule has 0 saturated heterocycles. The minimum absolute atomic E-state index is 0.189. The molecule has 2 rings (SSSR count). The van der Waals surface area contributed by atoms with Crippen molar-refractivity contribution in [2.45, 2.75) is 20.0 Å².